The van der Waals surface area contributed by atoms with E-state index in [4.69, 9.17) is 10.7 Å². The number of aromatic nitrogens is 4. The standard InChI is InChI=1S/C27H29FN6O2S/c1-3-33-18-9-10-19(33)13-17(12-18)24-25(37(2,35)36)26(29)34-27(32-24)21(15-31-34)16-8-11-23(30-14-16)20-6-4-5-7-22(20)28/h4-8,11,14-15,17-19H,3,9-10,12-13,29H2,1-2H3. The molecule has 192 valence electrons. The quantitative estimate of drug-likeness (QED) is 0.418. The predicted octanol–water partition coefficient (Wildman–Crippen LogP) is 4.31. The minimum atomic E-state index is -3.64. The van der Waals surface area contributed by atoms with Crippen molar-refractivity contribution >= 4 is 21.3 Å². The number of nitrogens with two attached hydrogens (primary N) is 1. The minimum Gasteiger partial charge on any atom is -0.382 e. The summed E-state index contributed by atoms with van der Waals surface area (Å²) in [5.74, 6) is -0.259. The SMILES string of the molecule is CCN1C2CCC1CC(c1nc3c(-c4ccc(-c5ccccc5F)nc4)cnn3c(N)c1S(C)(=O)=O)C2. The van der Waals surface area contributed by atoms with Crippen molar-refractivity contribution in [3.63, 3.8) is 0 Å². The van der Waals surface area contributed by atoms with Crippen LogP contribution in [0.5, 0.6) is 0 Å². The summed E-state index contributed by atoms with van der Waals surface area (Å²) in [5, 5.41) is 4.39. The topological polar surface area (TPSA) is 106 Å². The molecule has 0 radical (unpaired) electrons. The van der Waals surface area contributed by atoms with Gasteiger partial charge in [0.1, 0.15) is 16.5 Å². The fourth-order valence-electron chi connectivity index (χ4n) is 6.27. The highest BCUT2D eigenvalue weighted by Gasteiger charge is 2.42. The van der Waals surface area contributed by atoms with Crippen LogP contribution in [0, 0.1) is 5.82 Å². The Hall–Kier alpha value is -3.37. The van der Waals surface area contributed by atoms with Crippen LogP contribution in [0.15, 0.2) is 53.7 Å². The first kappa shape index (κ1) is 24.0. The van der Waals surface area contributed by atoms with Gasteiger partial charge < -0.3 is 5.73 Å². The van der Waals surface area contributed by atoms with Crippen molar-refractivity contribution in [2.24, 2.45) is 0 Å². The molecule has 2 fully saturated rings. The van der Waals surface area contributed by atoms with Gasteiger partial charge in [0, 0.05) is 47.1 Å². The second kappa shape index (κ2) is 8.88. The summed E-state index contributed by atoms with van der Waals surface area (Å²) in [7, 11) is -3.64. The van der Waals surface area contributed by atoms with Crippen molar-refractivity contribution in [2.75, 3.05) is 18.5 Å². The number of halogens is 1. The Morgan fingerprint density at radius 1 is 1.05 bits per heavy atom. The Bertz CT molecular complexity index is 1590. The zero-order chi connectivity index (χ0) is 25.9. The Kier molecular flexibility index (Phi) is 5.76. The van der Waals surface area contributed by atoms with E-state index in [1.54, 1.807) is 36.7 Å². The van der Waals surface area contributed by atoms with E-state index in [1.807, 2.05) is 6.07 Å². The highest BCUT2D eigenvalue weighted by molar-refractivity contribution is 7.91. The Morgan fingerprint density at radius 2 is 1.78 bits per heavy atom. The number of nitrogens with zero attached hydrogens (tertiary/aromatic N) is 5. The van der Waals surface area contributed by atoms with Gasteiger partial charge in [-0.05, 0) is 50.4 Å². The molecule has 4 aromatic rings. The van der Waals surface area contributed by atoms with E-state index in [-0.39, 0.29) is 22.4 Å². The molecule has 0 amide bonds. The summed E-state index contributed by atoms with van der Waals surface area (Å²) in [6, 6.07) is 11.0. The van der Waals surface area contributed by atoms with E-state index in [0.29, 0.717) is 40.2 Å². The van der Waals surface area contributed by atoms with Crippen LogP contribution in [0.25, 0.3) is 28.0 Å². The highest BCUT2D eigenvalue weighted by atomic mass is 32.2. The van der Waals surface area contributed by atoms with Gasteiger partial charge in [-0.2, -0.15) is 9.61 Å². The molecule has 2 saturated heterocycles. The van der Waals surface area contributed by atoms with Crippen molar-refractivity contribution < 1.29 is 12.8 Å². The van der Waals surface area contributed by atoms with Crippen molar-refractivity contribution in [1.82, 2.24) is 24.5 Å². The maximum atomic E-state index is 14.2. The van der Waals surface area contributed by atoms with Crippen molar-refractivity contribution in [3.8, 4) is 22.4 Å². The lowest BCUT2D eigenvalue weighted by atomic mass is 9.87. The van der Waals surface area contributed by atoms with Crippen LogP contribution in [0.1, 0.15) is 44.2 Å². The van der Waals surface area contributed by atoms with E-state index in [1.165, 1.54) is 16.8 Å². The summed E-state index contributed by atoms with van der Waals surface area (Å²) in [6.45, 7) is 3.18. The van der Waals surface area contributed by atoms with Gasteiger partial charge in [-0.1, -0.05) is 25.1 Å². The largest absolute Gasteiger partial charge is 0.382 e. The third-order valence-corrected chi connectivity index (χ3v) is 9.05. The number of sulfone groups is 1. The lowest BCUT2D eigenvalue weighted by Crippen LogP contribution is -2.42. The maximum absolute atomic E-state index is 14.2. The number of fused-ring (bicyclic) bond motifs is 3. The van der Waals surface area contributed by atoms with E-state index >= 15 is 0 Å². The average molecular weight is 521 g/mol. The molecule has 2 aliphatic heterocycles. The van der Waals surface area contributed by atoms with Gasteiger partial charge in [0.05, 0.1) is 17.6 Å². The maximum Gasteiger partial charge on any atom is 0.180 e. The number of anilines is 1. The first-order valence-corrected chi connectivity index (χ1v) is 14.5. The molecule has 6 rings (SSSR count). The first-order valence-electron chi connectivity index (χ1n) is 12.6. The number of piperidine rings is 1. The Balaban J connectivity index is 1.46. The molecule has 2 atom stereocenters. The van der Waals surface area contributed by atoms with Crippen molar-refractivity contribution in [3.05, 3.63) is 60.3 Å². The average Bonchev–Trinajstić information content (AvgIpc) is 3.41. The van der Waals surface area contributed by atoms with Gasteiger partial charge >= 0.3 is 0 Å². The smallest absolute Gasteiger partial charge is 0.180 e. The lowest BCUT2D eigenvalue weighted by Gasteiger charge is -2.38. The zero-order valence-corrected chi connectivity index (χ0v) is 21.6. The summed E-state index contributed by atoms with van der Waals surface area (Å²) < 4.78 is 41.5. The zero-order valence-electron chi connectivity index (χ0n) is 20.8. The molecule has 0 spiro atoms. The number of nitrogen functional groups attached to an aromatic ring is 1. The molecule has 2 N–H and O–H groups in total. The summed E-state index contributed by atoms with van der Waals surface area (Å²) in [5.41, 5.74) is 9.87. The Labute approximate surface area is 215 Å². The molecule has 10 heteroatoms. The summed E-state index contributed by atoms with van der Waals surface area (Å²) in [6.07, 6.45) is 8.42. The molecule has 3 aromatic heterocycles. The van der Waals surface area contributed by atoms with Crippen LogP contribution in [0.4, 0.5) is 10.2 Å². The number of hydrogen-bond acceptors (Lipinski definition) is 7. The highest BCUT2D eigenvalue weighted by Crippen LogP contribution is 2.45. The Morgan fingerprint density at radius 3 is 2.41 bits per heavy atom. The van der Waals surface area contributed by atoms with Gasteiger partial charge in [0.15, 0.2) is 15.5 Å². The molecule has 0 aliphatic carbocycles. The third kappa shape index (κ3) is 3.99. The molecule has 2 unspecified atom stereocenters. The minimum absolute atomic E-state index is 0.00151. The first-order chi connectivity index (χ1) is 17.8. The monoisotopic (exact) mass is 520 g/mol. The van der Waals surface area contributed by atoms with Crippen LogP contribution >= 0.6 is 0 Å². The fraction of sp³-hybridized carbons (Fsp3) is 0.370. The van der Waals surface area contributed by atoms with Gasteiger partial charge in [-0.25, -0.2) is 17.8 Å². The fourth-order valence-corrected chi connectivity index (χ4v) is 7.33. The van der Waals surface area contributed by atoms with Crippen LogP contribution in [-0.4, -0.2) is 57.8 Å². The molecular weight excluding hydrogens is 491 g/mol. The van der Waals surface area contributed by atoms with E-state index < -0.39 is 9.84 Å². The van der Waals surface area contributed by atoms with E-state index in [2.05, 4.69) is 21.9 Å². The normalized spacial score (nSPS) is 22.1. The molecule has 2 aliphatic rings. The molecule has 8 nitrogen and oxygen atoms in total. The van der Waals surface area contributed by atoms with Gasteiger partial charge in [0.25, 0.3) is 0 Å². The van der Waals surface area contributed by atoms with Crippen molar-refractivity contribution in [1.29, 1.82) is 0 Å². The van der Waals surface area contributed by atoms with E-state index in [9.17, 15) is 12.8 Å². The number of hydrogen-bond donors (Lipinski definition) is 1. The number of pyridine rings is 1. The lowest BCUT2D eigenvalue weighted by molar-refractivity contribution is 0.132. The second-order valence-electron chi connectivity index (χ2n) is 10.1. The summed E-state index contributed by atoms with van der Waals surface area (Å²) >= 11 is 0. The van der Waals surface area contributed by atoms with Gasteiger partial charge in [-0.15, -0.1) is 0 Å². The molecule has 1 aromatic carbocycles. The van der Waals surface area contributed by atoms with Gasteiger partial charge in [0.2, 0.25) is 0 Å². The predicted molar refractivity (Wildman–Crippen MR) is 140 cm³/mol. The molecule has 2 bridgehead atoms. The van der Waals surface area contributed by atoms with E-state index in [0.717, 1.165) is 37.8 Å². The number of rotatable bonds is 5. The van der Waals surface area contributed by atoms with Crippen LogP contribution in [0.2, 0.25) is 0 Å². The molecule has 5 heterocycles. The van der Waals surface area contributed by atoms with Crippen LogP contribution in [-0.2, 0) is 9.84 Å². The molecule has 0 saturated carbocycles. The van der Waals surface area contributed by atoms with Gasteiger partial charge in [-0.3, -0.25) is 9.88 Å². The molecule has 37 heavy (non-hydrogen) atoms. The third-order valence-electron chi connectivity index (χ3n) is 7.89. The van der Waals surface area contributed by atoms with Crippen LogP contribution < -0.4 is 5.73 Å². The van der Waals surface area contributed by atoms with Crippen LogP contribution in [0.3, 0.4) is 0 Å². The summed E-state index contributed by atoms with van der Waals surface area (Å²) in [4.78, 5) is 12.0. The number of benzene rings is 1. The second-order valence-corrected chi connectivity index (χ2v) is 12.0. The van der Waals surface area contributed by atoms with Crippen molar-refractivity contribution in [2.45, 2.75) is 55.5 Å². The molecular formula is C27H29FN6O2S.